The molecule has 0 aromatic carbocycles. The van der Waals surface area contributed by atoms with Crippen molar-refractivity contribution >= 4 is 21.8 Å². The summed E-state index contributed by atoms with van der Waals surface area (Å²) in [6, 6.07) is 1.37. The van der Waals surface area contributed by atoms with Crippen molar-refractivity contribution in [2.24, 2.45) is 11.8 Å². The van der Waals surface area contributed by atoms with Gasteiger partial charge in [0.05, 0.1) is 19.3 Å². The molecule has 0 radical (unpaired) electrons. The largest absolute Gasteiger partial charge is 0.394 e. The van der Waals surface area contributed by atoms with Crippen molar-refractivity contribution in [3.05, 3.63) is 23.5 Å². The monoisotopic (exact) mass is 463 g/mol. The van der Waals surface area contributed by atoms with Crippen molar-refractivity contribution in [2.45, 2.75) is 37.2 Å². The molecule has 1 saturated carbocycles. The molecule has 4 atom stereocenters. The third-order valence-corrected chi connectivity index (χ3v) is 8.06. The van der Waals surface area contributed by atoms with Crippen molar-refractivity contribution < 1.29 is 33.4 Å². The van der Waals surface area contributed by atoms with Crippen LogP contribution in [0, 0.1) is 35.5 Å². The molecule has 1 fully saturated rings. The van der Waals surface area contributed by atoms with Gasteiger partial charge in [-0.15, -0.1) is 0 Å². The molecule has 2 amide bonds. The second-order valence-electron chi connectivity index (χ2n) is 8.26. The van der Waals surface area contributed by atoms with Crippen LogP contribution in [0.3, 0.4) is 0 Å². The minimum Gasteiger partial charge on any atom is -0.394 e. The summed E-state index contributed by atoms with van der Waals surface area (Å²) >= 11 is 0. The number of amides is 2. The quantitative estimate of drug-likeness (QED) is 0.238. The number of hydroxylamine groups is 1. The molecule has 1 unspecified atom stereocenters. The number of nitrogens with one attached hydrogen (secondary N) is 1. The standard InChI is InChI=1S/C21H25N3O7S/c1-21(19(27)22-29,32(2,30)31)7-8-23-12-16-9-14(11-24(16)20(23)28)5-3-4-6-15-10-17(15)18(26)13-25/h9,11,15,17-18,25-26,29H,7-8,10,12-13H2,1-2H3,(H,22,27)/t15-,17-,18-,21?/m0/s1. The Balaban J connectivity index is 1.61. The molecule has 0 saturated heterocycles. The zero-order valence-corrected chi connectivity index (χ0v) is 18.5. The van der Waals surface area contributed by atoms with Gasteiger partial charge in [0.2, 0.25) is 0 Å². The Morgan fingerprint density at radius 2 is 2.12 bits per heavy atom. The first-order valence-corrected chi connectivity index (χ1v) is 11.9. The second-order valence-corrected chi connectivity index (χ2v) is 10.7. The van der Waals surface area contributed by atoms with Gasteiger partial charge in [-0.1, -0.05) is 11.8 Å². The number of hydrogen-bond donors (Lipinski definition) is 4. The van der Waals surface area contributed by atoms with Crippen LogP contribution in [0.2, 0.25) is 0 Å². The fraction of sp³-hybridized carbons (Fsp3) is 0.524. The predicted octanol–water partition coefficient (Wildman–Crippen LogP) is -0.685. The highest BCUT2D eigenvalue weighted by molar-refractivity contribution is 7.92. The minimum atomic E-state index is -3.84. The Morgan fingerprint density at radius 3 is 2.72 bits per heavy atom. The van der Waals surface area contributed by atoms with Crippen LogP contribution in [0.4, 0.5) is 4.79 Å². The smallest absolute Gasteiger partial charge is 0.328 e. The van der Waals surface area contributed by atoms with Crippen molar-refractivity contribution in [3.63, 3.8) is 0 Å². The Bertz CT molecular complexity index is 1150. The fourth-order valence-corrected chi connectivity index (χ4v) is 4.42. The van der Waals surface area contributed by atoms with Crippen molar-refractivity contribution in [2.75, 3.05) is 19.4 Å². The number of carbonyl (C=O) groups excluding carboxylic acids is 2. The van der Waals surface area contributed by atoms with Gasteiger partial charge in [-0.2, -0.15) is 0 Å². The van der Waals surface area contributed by atoms with Gasteiger partial charge in [0, 0.05) is 42.1 Å². The van der Waals surface area contributed by atoms with E-state index in [1.165, 1.54) is 21.9 Å². The molecule has 32 heavy (non-hydrogen) atoms. The second kappa shape index (κ2) is 8.96. The zero-order chi connectivity index (χ0) is 23.7. The summed E-state index contributed by atoms with van der Waals surface area (Å²) in [6.07, 6.45) is 2.28. The molecule has 2 aliphatic rings. The van der Waals surface area contributed by atoms with E-state index >= 15 is 0 Å². The lowest BCUT2D eigenvalue weighted by atomic mass is 10.1. The maximum Gasteiger partial charge on any atom is 0.328 e. The number of nitrogens with zero attached hydrogens (tertiary/aromatic N) is 2. The van der Waals surface area contributed by atoms with Gasteiger partial charge < -0.3 is 15.1 Å². The van der Waals surface area contributed by atoms with Crippen LogP contribution < -0.4 is 5.48 Å². The molecule has 0 bridgehead atoms. The summed E-state index contributed by atoms with van der Waals surface area (Å²) < 4.78 is 23.7. The van der Waals surface area contributed by atoms with Crippen LogP contribution in [-0.2, 0) is 21.2 Å². The van der Waals surface area contributed by atoms with E-state index in [0.717, 1.165) is 12.7 Å². The molecule has 10 nitrogen and oxygen atoms in total. The van der Waals surface area contributed by atoms with E-state index in [9.17, 15) is 23.1 Å². The summed E-state index contributed by atoms with van der Waals surface area (Å²) in [5.74, 6) is 10.2. The van der Waals surface area contributed by atoms with Gasteiger partial charge in [0.1, 0.15) is 0 Å². The Hall–Kier alpha value is -2.83. The van der Waals surface area contributed by atoms with Gasteiger partial charge >= 0.3 is 6.03 Å². The molecular weight excluding hydrogens is 438 g/mol. The molecule has 3 rings (SSSR count). The molecule has 1 aliphatic carbocycles. The van der Waals surface area contributed by atoms with Crippen LogP contribution in [0.1, 0.15) is 31.0 Å². The maximum absolute atomic E-state index is 12.6. The minimum absolute atomic E-state index is 0.00619. The first-order chi connectivity index (χ1) is 15.0. The Labute approximate surface area is 186 Å². The first-order valence-electron chi connectivity index (χ1n) is 9.97. The number of sulfone groups is 1. The molecular formula is C21H25N3O7S. The van der Waals surface area contributed by atoms with Gasteiger partial charge in [-0.25, -0.2) is 18.7 Å². The van der Waals surface area contributed by atoms with E-state index in [1.54, 1.807) is 12.3 Å². The molecule has 11 heteroatoms. The normalized spacial score (nSPS) is 22.0. The summed E-state index contributed by atoms with van der Waals surface area (Å²) in [7, 11) is -3.84. The lowest BCUT2D eigenvalue weighted by molar-refractivity contribution is -0.131. The number of aliphatic hydroxyl groups excluding tert-OH is 2. The highest BCUT2D eigenvalue weighted by Gasteiger charge is 2.44. The molecule has 0 spiro atoms. The molecule has 1 aromatic rings. The SMILES string of the molecule is CC(CCN1Cc2cc(C#CC#C[C@H]3C[C@@H]3[C@@H](O)CO)cn2C1=O)(C(=O)NO)S(C)(=O)=O. The van der Waals surface area contributed by atoms with E-state index in [1.807, 2.05) is 0 Å². The van der Waals surface area contributed by atoms with E-state index < -0.39 is 26.6 Å². The molecule has 1 aromatic heterocycles. The molecule has 4 N–H and O–H groups in total. The highest BCUT2D eigenvalue weighted by atomic mass is 32.2. The third-order valence-electron chi connectivity index (χ3n) is 6.04. The van der Waals surface area contributed by atoms with Crippen LogP contribution in [0.25, 0.3) is 0 Å². The van der Waals surface area contributed by atoms with E-state index in [0.29, 0.717) is 11.3 Å². The lowest BCUT2D eigenvalue weighted by Gasteiger charge is -2.27. The van der Waals surface area contributed by atoms with Gasteiger partial charge in [0.25, 0.3) is 5.91 Å². The molecule has 1 aliphatic heterocycles. The summed E-state index contributed by atoms with van der Waals surface area (Å²) in [5, 5.41) is 27.3. The number of carbonyl (C=O) groups is 2. The van der Waals surface area contributed by atoms with Crippen molar-refractivity contribution in [1.82, 2.24) is 14.9 Å². The molecule has 2 heterocycles. The van der Waals surface area contributed by atoms with Crippen LogP contribution >= 0.6 is 0 Å². The van der Waals surface area contributed by atoms with Gasteiger partial charge in [0.15, 0.2) is 14.6 Å². The van der Waals surface area contributed by atoms with E-state index in [4.69, 9.17) is 10.3 Å². The van der Waals surface area contributed by atoms with Gasteiger partial charge in [-0.05, 0) is 37.7 Å². The number of fused-ring (bicyclic) bond motifs is 1. The summed E-state index contributed by atoms with van der Waals surface area (Å²) in [6.45, 7) is 1.16. The average molecular weight is 464 g/mol. The Kier molecular flexibility index (Phi) is 6.67. The first kappa shape index (κ1) is 23.8. The number of rotatable bonds is 7. The summed E-state index contributed by atoms with van der Waals surface area (Å²) in [5.41, 5.74) is 2.66. The topological polar surface area (TPSA) is 149 Å². The van der Waals surface area contributed by atoms with E-state index in [2.05, 4.69) is 23.7 Å². The van der Waals surface area contributed by atoms with Crippen molar-refractivity contribution in [3.8, 4) is 23.7 Å². The van der Waals surface area contributed by atoms with Crippen LogP contribution in [0.15, 0.2) is 12.3 Å². The molecule has 172 valence electrons. The zero-order valence-electron chi connectivity index (χ0n) is 17.7. The summed E-state index contributed by atoms with van der Waals surface area (Å²) in [4.78, 5) is 26.0. The maximum atomic E-state index is 12.6. The predicted molar refractivity (Wildman–Crippen MR) is 113 cm³/mol. The third kappa shape index (κ3) is 4.66. The fourth-order valence-electron chi connectivity index (χ4n) is 3.57. The highest BCUT2D eigenvalue weighted by Crippen LogP contribution is 2.40. The van der Waals surface area contributed by atoms with E-state index in [-0.39, 0.29) is 44.0 Å². The number of aromatic nitrogens is 1. The average Bonchev–Trinajstić information content (AvgIpc) is 3.32. The van der Waals surface area contributed by atoms with Crippen molar-refractivity contribution in [1.29, 1.82) is 0 Å². The van der Waals surface area contributed by atoms with Crippen LogP contribution in [-0.4, -0.2) is 75.5 Å². The number of aliphatic hydroxyl groups is 2. The lowest BCUT2D eigenvalue weighted by Crippen LogP contribution is -2.50. The Morgan fingerprint density at radius 1 is 1.41 bits per heavy atom. The number of hydrogen-bond acceptors (Lipinski definition) is 7. The van der Waals surface area contributed by atoms with Gasteiger partial charge in [-0.3, -0.25) is 14.6 Å². The van der Waals surface area contributed by atoms with Crippen LogP contribution in [0.5, 0.6) is 0 Å².